The third kappa shape index (κ3) is 2.73. The first kappa shape index (κ1) is 15.3. The van der Waals surface area contributed by atoms with Gasteiger partial charge in [-0.2, -0.15) is 5.10 Å². The van der Waals surface area contributed by atoms with E-state index in [1.165, 1.54) is 10.7 Å². The van der Waals surface area contributed by atoms with Gasteiger partial charge < -0.3 is 15.4 Å². The summed E-state index contributed by atoms with van der Waals surface area (Å²) in [6.07, 6.45) is 2.46. The van der Waals surface area contributed by atoms with Crippen molar-refractivity contribution in [2.24, 2.45) is 0 Å². The molecule has 0 spiro atoms. The molecule has 1 unspecified atom stereocenters. The highest BCUT2D eigenvalue weighted by atomic mass is 19.1. The van der Waals surface area contributed by atoms with E-state index in [1.54, 1.807) is 19.2 Å². The zero-order valence-corrected chi connectivity index (χ0v) is 13.1. The lowest BCUT2D eigenvalue weighted by Gasteiger charge is -2.20. The smallest absolute Gasteiger partial charge is 0.256 e. The number of fused-ring (bicyclic) bond motifs is 2. The van der Waals surface area contributed by atoms with Gasteiger partial charge in [-0.05, 0) is 13.0 Å². The lowest BCUT2D eigenvalue weighted by Crippen LogP contribution is -2.34. The molecule has 4 rings (SSSR count). The van der Waals surface area contributed by atoms with Gasteiger partial charge >= 0.3 is 0 Å². The number of carbonyl (C=O) groups excluding carboxylic acids is 1. The second kappa shape index (κ2) is 5.69. The maximum absolute atomic E-state index is 14.2. The Hall–Kier alpha value is -3.23. The van der Waals surface area contributed by atoms with Crippen molar-refractivity contribution in [2.45, 2.75) is 13.0 Å². The first-order valence-electron chi connectivity index (χ1n) is 7.56. The van der Waals surface area contributed by atoms with Crippen molar-refractivity contribution < 1.29 is 18.3 Å². The van der Waals surface area contributed by atoms with Gasteiger partial charge in [-0.25, -0.2) is 18.3 Å². The minimum absolute atomic E-state index is 0.106. The molecule has 1 aliphatic rings. The van der Waals surface area contributed by atoms with Crippen LogP contribution in [0.1, 0.15) is 17.3 Å². The Labute approximate surface area is 140 Å². The molecule has 0 radical (unpaired) electrons. The lowest BCUT2D eigenvalue weighted by molar-refractivity contribution is 0.0933. The molecular weight excluding hydrogens is 332 g/mol. The van der Waals surface area contributed by atoms with Crippen LogP contribution < -0.4 is 15.4 Å². The van der Waals surface area contributed by atoms with Crippen LogP contribution >= 0.6 is 0 Å². The van der Waals surface area contributed by atoms with Crippen molar-refractivity contribution in [3.63, 3.8) is 0 Å². The zero-order valence-electron chi connectivity index (χ0n) is 13.1. The third-order valence-electron chi connectivity index (χ3n) is 3.75. The fraction of sp³-hybridized carbons (Fsp3) is 0.188. The van der Waals surface area contributed by atoms with Crippen LogP contribution in [0.3, 0.4) is 0 Å². The number of nitrogens with one attached hydrogen (secondary N) is 2. The molecule has 0 aliphatic carbocycles. The predicted octanol–water partition coefficient (Wildman–Crippen LogP) is 2.26. The quantitative estimate of drug-likeness (QED) is 0.653. The van der Waals surface area contributed by atoms with E-state index in [0.717, 1.165) is 12.1 Å². The van der Waals surface area contributed by atoms with Gasteiger partial charge in [0.2, 0.25) is 0 Å². The monoisotopic (exact) mass is 345 g/mol. The average Bonchev–Trinajstić information content (AvgIpc) is 2.98. The van der Waals surface area contributed by atoms with Crippen LogP contribution in [-0.4, -0.2) is 33.2 Å². The van der Waals surface area contributed by atoms with E-state index in [2.05, 4.69) is 20.7 Å². The Kier molecular flexibility index (Phi) is 3.48. The first-order chi connectivity index (χ1) is 12.0. The summed E-state index contributed by atoms with van der Waals surface area (Å²) >= 11 is 0. The number of halogens is 2. The summed E-state index contributed by atoms with van der Waals surface area (Å²) in [4.78, 5) is 16.6. The van der Waals surface area contributed by atoms with Crippen LogP contribution in [-0.2, 0) is 0 Å². The highest BCUT2D eigenvalue weighted by Gasteiger charge is 2.20. The van der Waals surface area contributed by atoms with Crippen LogP contribution in [0, 0.1) is 11.6 Å². The number of hydrogen-bond acceptors (Lipinski definition) is 5. The van der Waals surface area contributed by atoms with Crippen LogP contribution in [0.15, 0.2) is 30.6 Å². The first-order valence-corrected chi connectivity index (χ1v) is 7.56. The summed E-state index contributed by atoms with van der Waals surface area (Å²) in [5.41, 5.74) is 0.728. The summed E-state index contributed by atoms with van der Waals surface area (Å²) in [5.74, 6) is -1.80. The molecule has 0 saturated heterocycles. The van der Waals surface area contributed by atoms with Crippen LogP contribution in [0.2, 0.25) is 0 Å². The van der Waals surface area contributed by atoms with E-state index in [9.17, 15) is 13.6 Å². The SMILES string of the molecule is CC1CNC(=O)c2cnn3ccc(nc23)Nc2cc(F)cc(F)c2O1. The summed E-state index contributed by atoms with van der Waals surface area (Å²) in [6.45, 7) is 1.80. The minimum atomic E-state index is -0.844. The number of hydrogen-bond donors (Lipinski definition) is 2. The van der Waals surface area contributed by atoms with Crippen molar-refractivity contribution in [3.05, 3.63) is 47.8 Å². The van der Waals surface area contributed by atoms with Crippen molar-refractivity contribution in [1.82, 2.24) is 19.9 Å². The molecule has 3 heterocycles. The van der Waals surface area contributed by atoms with Gasteiger partial charge in [-0.3, -0.25) is 4.79 Å². The number of aromatic nitrogens is 3. The van der Waals surface area contributed by atoms with E-state index in [1.807, 2.05) is 0 Å². The number of benzene rings is 1. The minimum Gasteiger partial charge on any atom is -0.484 e. The molecular formula is C16H13F2N5O2. The van der Waals surface area contributed by atoms with Gasteiger partial charge in [-0.1, -0.05) is 0 Å². The number of nitrogens with zero attached hydrogens (tertiary/aromatic N) is 3. The fourth-order valence-electron chi connectivity index (χ4n) is 2.58. The Balaban J connectivity index is 1.89. The fourth-order valence-corrected chi connectivity index (χ4v) is 2.58. The van der Waals surface area contributed by atoms with E-state index in [0.29, 0.717) is 17.0 Å². The standard InChI is InChI=1S/C16H13F2N5O2/c1-8-6-19-16(24)10-7-20-23-3-2-13(22-15(10)23)21-12-5-9(17)4-11(18)14(12)25-8/h2-5,7-8H,6H2,1H3,(H,19,24)(H,21,22). The summed E-state index contributed by atoms with van der Waals surface area (Å²) in [7, 11) is 0. The Morgan fingerprint density at radius 1 is 1.36 bits per heavy atom. The second-order valence-corrected chi connectivity index (χ2v) is 5.67. The molecule has 2 aromatic heterocycles. The number of amides is 1. The zero-order chi connectivity index (χ0) is 17.6. The topological polar surface area (TPSA) is 80.6 Å². The molecule has 7 nitrogen and oxygen atoms in total. The molecule has 2 N–H and O–H groups in total. The largest absolute Gasteiger partial charge is 0.484 e. The number of rotatable bonds is 0. The molecule has 2 bridgehead atoms. The van der Waals surface area contributed by atoms with Gasteiger partial charge in [-0.15, -0.1) is 0 Å². The summed E-state index contributed by atoms with van der Waals surface area (Å²) < 4.78 is 34.8. The number of ether oxygens (including phenoxy) is 1. The molecule has 128 valence electrons. The molecule has 3 aromatic rings. The lowest BCUT2D eigenvalue weighted by atomic mass is 10.2. The van der Waals surface area contributed by atoms with Crippen molar-refractivity contribution in [3.8, 4) is 5.75 Å². The Bertz CT molecular complexity index is 988. The summed E-state index contributed by atoms with van der Waals surface area (Å²) in [6, 6.07) is 3.44. The van der Waals surface area contributed by atoms with E-state index < -0.39 is 17.7 Å². The van der Waals surface area contributed by atoms with Gasteiger partial charge in [0, 0.05) is 18.3 Å². The van der Waals surface area contributed by atoms with Gasteiger partial charge in [0.15, 0.2) is 17.2 Å². The maximum Gasteiger partial charge on any atom is 0.256 e. The summed E-state index contributed by atoms with van der Waals surface area (Å²) in [5, 5.41) is 9.61. The van der Waals surface area contributed by atoms with Gasteiger partial charge in [0.25, 0.3) is 5.91 Å². The van der Waals surface area contributed by atoms with E-state index >= 15 is 0 Å². The predicted molar refractivity (Wildman–Crippen MR) is 85.1 cm³/mol. The van der Waals surface area contributed by atoms with Gasteiger partial charge in [0.05, 0.1) is 18.4 Å². The Morgan fingerprint density at radius 2 is 2.20 bits per heavy atom. The van der Waals surface area contributed by atoms with E-state index in [-0.39, 0.29) is 23.9 Å². The van der Waals surface area contributed by atoms with Crippen molar-refractivity contribution in [1.29, 1.82) is 0 Å². The molecule has 0 fully saturated rings. The molecule has 1 atom stereocenters. The highest BCUT2D eigenvalue weighted by molar-refractivity contribution is 5.99. The third-order valence-corrected chi connectivity index (χ3v) is 3.75. The van der Waals surface area contributed by atoms with Crippen LogP contribution in [0.25, 0.3) is 5.65 Å². The maximum atomic E-state index is 14.2. The highest BCUT2D eigenvalue weighted by Crippen LogP contribution is 2.32. The second-order valence-electron chi connectivity index (χ2n) is 5.67. The number of carbonyl (C=O) groups is 1. The van der Waals surface area contributed by atoms with Crippen molar-refractivity contribution >= 4 is 23.1 Å². The van der Waals surface area contributed by atoms with E-state index in [4.69, 9.17) is 4.74 Å². The van der Waals surface area contributed by atoms with Gasteiger partial charge in [0.1, 0.15) is 23.3 Å². The number of anilines is 2. The molecule has 1 aliphatic heterocycles. The molecule has 25 heavy (non-hydrogen) atoms. The van der Waals surface area contributed by atoms with Crippen LogP contribution in [0.5, 0.6) is 5.75 Å². The molecule has 1 aromatic carbocycles. The normalized spacial score (nSPS) is 17.1. The average molecular weight is 345 g/mol. The van der Waals surface area contributed by atoms with Crippen LogP contribution in [0.4, 0.5) is 20.3 Å². The Morgan fingerprint density at radius 3 is 3.04 bits per heavy atom. The van der Waals surface area contributed by atoms with Crippen molar-refractivity contribution in [2.75, 3.05) is 11.9 Å². The molecule has 1 amide bonds. The molecule has 0 saturated carbocycles. The molecule has 9 heteroatoms.